The van der Waals surface area contributed by atoms with Crippen LogP contribution in [0.5, 0.6) is 0 Å². The number of hydrogen-bond donors (Lipinski definition) is 0. The molecule has 2 aromatic rings. The van der Waals surface area contributed by atoms with E-state index in [1.807, 2.05) is 30.0 Å². The second kappa shape index (κ2) is 5.49. The molecule has 0 saturated carbocycles. The van der Waals surface area contributed by atoms with Crippen LogP contribution in [0.4, 0.5) is 0 Å². The van der Waals surface area contributed by atoms with Crippen LogP contribution in [0.25, 0.3) is 0 Å². The van der Waals surface area contributed by atoms with E-state index in [2.05, 4.69) is 17.1 Å². The number of amides is 1. The number of hydrogen-bond acceptors (Lipinski definition) is 3. The summed E-state index contributed by atoms with van der Waals surface area (Å²) in [6, 6.07) is 10.3. The molecule has 1 aromatic carbocycles. The summed E-state index contributed by atoms with van der Waals surface area (Å²) in [6.07, 6.45) is 3.22. The summed E-state index contributed by atoms with van der Waals surface area (Å²) in [5.74, 6) is 1.26. The molecular formula is C16H18N2O2. The summed E-state index contributed by atoms with van der Waals surface area (Å²) < 4.78 is 5.18. The van der Waals surface area contributed by atoms with Gasteiger partial charge >= 0.3 is 0 Å². The van der Waals surface area contributed by atoms with Crippen molar-refractivity contribution in [2.75, 3.05) is 6.54 Å². The number of rotatable bonds is 4. The average molecular weight is 270 g/mol. The van der Waals surface area contributed by atoms with Crippen LogP contribution in [0.2, 0.25) is 0 Å². The first-order valence-corrected chi connectivity index (χ1v) is 6.93. The maximum absolute atomic E-state index is 12.1. The lowest BCUT2D eigenvalue weighted by molar-refractivity contribution is -0.128. The van der Waals surface area contributed by atoms with E-state index in [-0.39, 0.29) is 5.91 Å². The van der Waals surface area contributed by atoms with E-state index in [1.165, 1.54) is 5.56 Å². The van der Waals surface area contributed by atoms with Gasteiger partial charge in [-0.1, -0.05) is 30.3 Å². The van der Waals surface area contributed by atoms with Crippen LogP contribution >= 0.6 is 0 Å². The molecule has 1 saturated heterocycles. The predicted molar refractivity (Wildman–Crippen MR) is 74.9 cm³/mol. The lowest BCUT2D eigenvalue weighted by atomic mass is 9.99. The fraction of sp³-hybridized carbons (Fsp3) is 0.375. The third-order valence-corrected chi connectivity index (χ3v) is 3.68. The van der Waals surface area contributed by atoms with Crippen LogP contribution in [-0.2, 0) is 17.8 Å². The molecule has 0 aliphatic carbocycles. The van der Waals surface area contributed by atoms with Crippen LogP contribution in [0.1, 0.15) is 23.6 Å². The standard InChI is InChI=1S/C16H18N2O2/c1-12-17-15(11-20-12)10-18-9-14(8-16(18)19)7-13-5-3-2-4-6-13/h2-6,11,14H,7-10H2,1H3. The fourth-order valence-electron chi connectivity index (χ4n) is 2.77. The number of oxazole rings is 1. The van der Waals surface area contributed by atoms with Crippen molar-refractivity contribution in [1.29, 1.82) is 0 Å². The monoisotopic (exact) mass is 270 g/mol. The van der Waals surface area contributed by atoms with E-state index in [4.69, 9.17) is 4.42 Å². The Bertz CT molecular complexity index is 592. The number of aryl methyl sites for hydroxylation is 1. The van der Waals surface area contributed by atoms with Gasteiger partial charge in [-0.15, -0.1) is 0 Å². The van der Waals surface area contributed by atoms with Crippen molar-refractivity contribution in [1.82, 2.24) is 9.88 Å². The molecule has 3 rings (SSSR count). The summed E-state index contributed by atoms with van der Waals surface area (Å²) in [5, 5.41) is 0. The molecule has 1 atom stereocenters. The van der Waals surface area contributed by atoms with Gasteiger partial charge in [0.1, 0.15) is 6.26 Å². The first-order chi connectivity index (χ1) is 9.70. The van der Waals surface area contributed by atoms with E-state index in [1.54, 1.807) is 6.26 Å². The Hall–Kier alpha value is -2.10. The molecular weight excluding hydrogens is 252 g/mol. The van der Waals surface area contributed by atoms with Crippen molar-refractivity contribution in [3.05, 3.63) is 53.7 Å². The molecule has 0 radical (unpaired) electrons. The summed E-state index contributed by atoms with van der Waals surface area (Å²) in [5.41, 5.74) is 2.13. The number of aromatic nitrogens is 1. The molecule has 4 nitrogen and oxygen atoms in total. The quantitative estimate of drug-likeness (QED) is 0.857. The first-order valence-electron chi connectivity index (χ1n) is 6.93. The third kappa shape index (κ3) is 2.90. The van der Waals surface area contributed by atoms with Crippen molar-refractivity contribution in [2.45, 2.75) is 26.3 Å². The maximum Gasteiger partial charge on any atom is 0.223 e. The van der Waals surface area contributed by atoms with Gasteiger partial charge in [0.05, 0.1) is 12.2 Å². The Kier molecular flexibility index (Phi) is 3.54. The van der Waals surface area contributed by atoms with Gasteiger partial charge in [0.15, 0.2) is 5.89 Å². The van der Waals surface area contributed by atoms with Crippen molar-refractivity contribution in [3.63, 3.8) is 0 Å². The van der Waals surface area contributed by atoms with Crippen LogP contribution in [0.3, 0.4) is 0 Å². The molecule has 1 amide bonds. The molecule has 1 fully saturated rings. The number of carbonyl (C=O) groups excluding carboxylic acids is 1. The summed E-state index contributed by atoms with van der Waals surface area (Å²) in [6.45, 7) is 3.18. The van der Waals surface area contributed by atoms with E-state index in [0.717, 1.165) is 18.7 Å². The molecule has 1 aromatic heterocycles. The second-order valence-corrected chi connectivity index (χ2v) is 5.39. The van der Waals surface area contributed by atoms with E-state index in [9.17, 15) is 4.79 Å². The van der Waals surface area contributed by atoms with Crippen molar-refractivity contribution < 1.29 is 9.21 Å². The van der Waals surface area contributed by atoms with Gasteiger partial charge in [0, 0.05) is 19.9 Å². The number of benzene rings is 1. The topological polar surface area (TPSA) is 46.3 Å². The molecule has 2 heterocycles. The second-order valence-electron chi connectivity index (χ2n) is 5.39. The molecule has 1 unspecified atom stereocenters. The van der Waals surface area contributed by atoms with Gasteiger partial charge < -0.3 is 9.32 Å². The van der Waals surface area contributed by atoms with Crippen LogP contribution in [0.15, 0.2) is 41.0 Å². The minimum Gasteiger partial charge on any atom is -0.449 e. The van der Waals surface area contributed by atoms with E-state index in [0.29, 0.717) is 24.8 Å². The smallest absolute Gasteiger partial charge is 0.223 e. The highest BCUT2D eigenvalue weighted by molar-refractivity contribution is 5.78. The minimum atomic E-state index is 0.214. The van der Waals surface area contributed by atoms with Gasteiger partial charge in [0.25, 0.3) is 0 Å². The van der Waals surface area contributed by atoms with Gasteiger partial charge in [-0.05, 0) is 17.9 Å². The number of carbonyl (C=O) groups is 1. The normalized spacial score (nSPS) is 18.8. The molecule has 104 valence electrons. The Morgan fingerprint density at radius 2 is 2.15 bits per heavy atom. The highest BCUT2D eigenvalue weighted by Gasteiger charge is 2.29. The summed E-state index contributed by atoms with van der Waals surface area (Å²) in [4.78, 5) is 18.2. The predicted octanol–water partition coefficient (Wildman–Crippen LogP) is 2.57. The lowest BCUT2D eigenvalue weighted by Gasteiger charge is -2.15. The van der Waals surface area contributed by atoms with Crippen molar-refractivity contribution in [3.8, 4) is 0 Å². The lowest BCUT2D eigenvalue weighted by Crippen LogP contribution is -2.25. The zero-order valence-electron chi connectivity index (χ0n) is 11.6. The number of likely N-dealkylation sites (tertiary alicyclic amines) is 1. The van der Waals surface area contributed by atoms with Crippen LogP contribution in [-0.4, -0.2) is 22.3 Å². The Labute approximate surface area is 118 Å². The minimum absolute atomic E-state index is 0.214. The van der Waals surface area contributed by atoms with Gasteiger partial charge in [-0.3, -0.25) is 4.79 Å². The molecule has 0 bridgehead atoms. The summed E-state index contributed by atoms with van der Waals surface area (Å²) in [7, 11) is 0. The Morgan fingerprint density at radius 1 is 1.35 bits per heavy atom. The zero-order chi connectivity index (χ0) is 13.9. The number of nitrogens with zero attached hydrogens (tertiary/aromatic N) is 2. The van der Waals surface area contributed by atoms with Crippen molar-refractivity contribution >= 4 is 5.91 Å². The largest absolute Gasteiger partial charge is 0.449 e. The SMILES string of the molecule is Cc1nc(CN2CC(Cc3ccccc3)CC2=O)co1. The molecule has 1 aliphatic heterocycles. The van der Waals surface area contributed by atoms with E-state index >= 15 is 0 Å². The van der Waals surface area contributed by atoms with Gasteiger partial charge in [-0.2, -0.15) is 0 Å². The molecule has 1 aliphatic rings. The van der Waals surface area contributed by atoms with Crippen LogP contribution in [0, 0.1) is 12.8 Å². The Morgan fingerprint density at radius 3 is 2.85 bits per heavy atom. The maximum atomic E-state index is 12.1. The van der Waals surface area contributed by atoms with Gasteiger partial charge in [-0.25, -0.2) is 4.98 Å². The fourth-order valence-corrected chi connectivity index (χ4v) is 2.77. The van der Waals surface area contributed by atoms with Crippen molar-refractivity contribution in [2.24, 2.45) is 5.92 Å². The molecule has 20 heavy (non-hydrogen) atoms. The summed E-state index contributed by atoms with van der Waals surface area (Å²) >= 11 is 0. The van der Waals surface area contributed by atoms with Crippen LogP contribution < -0.4 is 0 Å². The molecule has 0 spiro atoms. The van der Waals surface area contributed by atoms with Gasteiger partial charge in [0.2, 0.25) is 5.91 Å². The van der Waals surface area contributed by atoms with E-state index < -0.39 is 0 Å². The average Bonchev–Trinajstić information content (AvgIpc) is 2.98. The molecule has 4 heteroatoms. The molecule has 0 N–H and O–H groups in total. The highest BCUT2D eigenvalue weighted by Crippen LogP contribution is 2.23. The highest BCUT2D eigenvalue weighted by atomic mass is 16.3. The third-order valence-electron chi connectivity index (χ3n) is 3.68. The zero-order valence-corrected chi connectivity index (χ0v) is 11.6. The first kappa shape index (κ1) is 12.9. The Balaban J connectivity index is 1.60.